The molecule has 0 bridgehead atoms. The zero-order valence-electron chi connectivity index (χ0n) is 33.2. The summed E-state index contributed by atoms with van der Waals surface area (Å²) in [5.41, 5.74) is 20.0. The maximum Gasteiger partial charge on any atom is 0.0967 e. The lowest BCUT2D eigenvalue weighted by Gasteiger charge is -2.37. The molecule has 0 saturated heterocycles. The Bertz CT molecular complexity index is 2670. The predicted molar refractivity (Wildman–Crippen MR) is 259 cm³/mol. The smallest absolute Gasteiger partial charge is 0.0967 e. The van der Waals surface area contributed by atoms with Crippen molar-refractivity contribution in [1.82, 2.24) is 0 Å². The van der Waals surface area contributed by atoms with Crippen LogP contribution in [0.15, 0.2) is 218 Å². The molecule has 0 atom stereocenters. The minimum Gasteiger partial charge on any atom is -0.109 e. The van der Waals surface area contributed by atoms with E-state index in [-0.39, 0.29) is 10.7 Å². The molecule has 4 aliphatic rings. The molecule has 0 aliphatic heterocycles. The molecule has 4 heteroatoms. The summed E-state index contributed by atoms with van der Waals surface area (Å²) in [5.74, 6) is 0. The van der Waals surface area contributed by atoms with Gasteiger partial charge in [-0.15, -0.1) is 46.4 Å². The first-order valence-corrected chi connectivity index (χ1v) is 22.7. The Labute approximate surface area is 378 Å². The van der Waals surface area contributed by atoms with Crippen LogP contribution >= 0.6 is 46.4 Å². The van der Waals surface area contributed by atoms with E-state index in [4.69, 9.17) is 46.4 Å². The Morgan fingerprint density at radius 2 is 0.410 bits per heavy atom. The fourth-order valence-corrected chi connectivity index (χ4v) is 11.6. The number of benzene rings is 8. The van der Waals surface area contributed by atoms with Crippen LogP contribution in [0.4, 0.5) is 0 Å². The van der Waals surface area contributed by atoms with Crippen LogP contribution in [-0.2, 0) is 16.2 Å². The summed E-state index contributed by atoms with van der Waals surface area (Å²) in [7, 11) is 0. The second-order valence-electron chi connectivity index (χ2n) is 15.6. The molecule has 0 amide bonds. The lowest BCUT2D eigenvalue weighted by atomic mass is 9.64. The van der Waals surface area contributed by atoms with Crippen molar-refractivity contribution < 1.29 is 0 Å². The fourth-order valence-electron chi connectivity index (χ4n) is 11.6. The van der Waals surface area contributed by atoms with Gasteiger partial charge in [-0.05, 0) is 89.1 Å². The van der Waals surface area contributed by atoms with Crippen LogP contribution in [0, 0.1) is 0 Å². The number of hydrogen-bond donors (Lipinski definition) is 0. The largest absolute Gasteiger partial charge is 0.109 e. The zero-order chi connectivity index (χ0) is 41.6. The average molecular weight is 867 g/mol. The first-order valence-electron chi connectivity index (χ1n) is 20.5. The topological polar surface area (TPSA) is 0 Å². The Hall–Kier alpha value is -5.60. The van der Waals surface area contributed by atoms with E-state index in [0.717, 1.165) is 0 Å². The molecule has 1 spiro atoms. The highest BCUT2D eigenvalue weighted by molar-refractivity contribution is 6.41. The van der Waals surface area contributed by atoms with E-state index in [1.807, 2.05) is 0 Å². The molecule has 0 nitrogen and oxygen atoms in total. The zero-order valence-corrected chi connectivity index (χ0v) is 36.2. The van der Waals surface area contributed by atoms with Gasteiger partial charge in [0, 0.05) is 0 Å². The number of fused-ring (bicyclic) bond motifs is 12. The van der Waals surface area contributed by atoms with Gasteiger partial charge in [-0.3, -0.25) is 0 Å². The van der Waals surface area contributed by atoms with Crippen molar-refractivity contribution in [3.63, 3.8) is 0 Å². The Morgan fingerprint density at radius 3 is 0.656 bits per heavy atom. The monoisotopic (exact) mass is 864 g/mol. The molecular formula is C57H40Cl4. The maximum absolute atomic E-state index is 4.76. The molecule has 0 heterocycles. The molecule has 0 fully saturated rings. The molecule has 0 unspecified atom stereocenters. The summed E-state index contributed by atoms with van der Waals surface area (Å²) in [6, 6.07) is 82.5. The first kappa shape index (κ1) is 39.5. The van der Waals surface area contributed by atoms with Gasteiger partial charge in [0.1, 0.15) is 0 Å². The van der Waals surface area contributed by atoms with Gasteiger partial charge in [0.25, 0.3) is 0 Å². The van der Waals surface area contributed by atoms with Gasteiger partial charge >= 0.3 is 0 Å². The van der Waals surface area contributed by atoms with Gasteiger partial charge in [-0.25, -0.2) is 0 Å². The van der Waals surface area contributed by atoms with Crippen LogP contribution in [0.3, 0.4) is 0 Å². The van der Waals surface area contributed by atoms with Crippen LogP contribution in [0.25, 0.3) is 22.3 Å². The molecule has 4 aliphatic carbocycles. The van der Waals surface area contributed by atoms with E-state index in [0.29, 0.717) is 0 Å². The summed E-state index contributed by atoms with van der Waals surface area (Å²) >= 11 is 19.1. The van der Waals surface area contributed by atoms with Gasteiger partial charge in [0.05, 0.1) is 26.9 Å². The van der Waals surface area contributed by atoms with E-state index in [2.05, 4.69) is 218 Å². The molecule has 12 rings (SSSR count). The summed E-state index contributed by atoms with van der Waals surface area (Å²) in [6.45, 7) is 0. The van der Waals surface area contributed by atoms with Crippen LogP contribution in [-0.4, -0.2) is 10.7 Å². The highest BCUT2D eigenvalue weighted by atomic mass is 35.5. The van der Waals surface area contributed by atoms with E-state index in [1.165, 1.54) is 89.1 Å². The van der Waals surface area contributed by atoms with Crippen molar-refractivity contribution in [2.45, 2.75) is 16.2 Å². The number of alkyl halides is 4. The lowest BCUT2D eigenvalue weighted by molar-refractivity contribution is 0.809. The van der Waals surface area contributed by atoms with E-state index < -0.39 is 16.2 Å². The minimum atomic E-state index is -0.569. The third-order valence-electron chi connectivity index (χ3n) is 13.2. The predicted octanol–water partition coefficient (Wildman–Crippen LogP) is 15.4. The second kappa shape index (κ2) is 16.0. The van der Waals surface area contributed by atoms with Gasteiger partial charge in [-0.2, -0.15) is 0 Å². The molecular weight excluding hydrogens is 826 g/mol. The Kier molecular flexibility index (Phi) is 10.4. The van der Waals surface area contributed by atoms with Crippen LogP contribution < -0.4 is 0 Å². The number of halogens is 4. The van der Waals surface area contributed by atoms with Gasteiger partial charge < -0.3 is 0 Å². The third-order valence-corrected chi connectivity index (χ3v) is 13.2. The highest BCUT2D eigenvalue weighted by Gasteiger charge is 2.66. The van der Waals surface area contributed by atoms with Crippen molar-refractivity contribution in [2.24, 2.45) is 0 Å². The van der Waals surface area contributed by atoms with Gasteiger partial charge in [0.2, 0.25) is 0 Å². The summed E-state index contributed by atoms with van der Waals surface area (Å²) in [4.78, 5) is 0. The molecule has 0 aromatic heterocycles. The van der Waals surface area contributed by atoms with Crippen LogP contribution in [0.2, 0.25) is 0 Å². The molecule has 0 N–H and O–H groups in total. The summed E-state index contributed by atoms with van der Waals surface area (Å²) < 4.78 is 0. The fraction of sp³-hybridized carbons (Fsp3) is 0.0877. The SMILES string of the molecule is ClCCl.ClCCl.c1ccc(C2(c3ccccc3)C3=C(c4ccccc42)C2(C4=C(c5ccccc52)C(c2ccccc2)(c2ccccc2)c2ccccc24)c2ccccc23)cc1. The third kappa shape index (κ3) is 5.39. The van der Waals surface area contributed by atoms with E-state index in [1.54, 1.807) is 0 Å². The Balaban J connectivity index is 0.000000704. The van der Waals surface area contributed by atoms with Crippen molar-refractivity contribution in [3.8, 4) is 0 Å². The lowest BCUT2D eigenvalue weighted by Crippen LogP contribution is -2.30. The van der Waals surface area contributed by atoms with E-state index >= 15 is 0 Å². The highest BCUT2D eigenvalue weighted by Crippen LogP contribution is 2.77. The molecule has 0 radical (unpaired) electrons. The molecule has 8 aromatic carbocycles. The first-order chi connectivity index (χ1) is 30.2. The van der Waals surface area contributed by atoms with Crippen molar-refractivity contribution in [1.29, 1.82) is 0 Å². The standard InChI is InChI=1S/C55H36.2CH2Cl2/c1-5-21-37(22-6-1)53(38-23-7-2-8-24-38)45-33-17-13-29-41(45)51-49(53)43-31-15-19-35-47(43)55(51)48-36-20-16-32-44(48)50-52(55)42-30-14-18-34-46(42)54(50,39-25-9-3-10-26-39)40-27-11-4-12-28-40;2*2-1-3/h1-36H;2*1H2. The molecule has 8 aromatic rings. The molecule has 61 heavy (non-hydrogen) atoms. The summed E-state index contributed by atoms with van der Waals surface area (Å²) in [6.07, 6.45) is 0. The quantitative estimate of drug-likeness (QED) is 0.155. The van der Waals surface area contributed by atoms with Crippen LogP contribution in [0.5, 0.6) is 0 Å². The van der Waals surface area contributed by atoms with Crippen molar-refractivity contribution in [3.05, 3.63) is 285 Å². The minimum absolute atomic E-state index is 0.194. The number of allylic oxidation sites excluding steroid dienone is 4. The van der Waals surface area contributed by atoms with Crippen molar-refractivity contribution >= 4 is 68.7 Å². The Morgan fingerprint density at radius 1 is 0.230 bits per heavy atom. The summed E-state index contributed by atoms with van der Waals surface area (Å²) in [5, 5.41) is 0.389. The maximum atomic E-state index is 4.76. The van der Waals surface area contributed by atoms with E-state index in [9.17, 15) is 0 Å². The van der Waals surface area contributed by atoms with Gasteiger partial charge in [-0.1, -0.05) is 218 Å². The molecule has 0 saturated carbocycles. The number of rotatable bonds is 4. The molecule has 296 valence electrons. The van der Waals surface area contributed by atoms with Crippen molar-refractivity contribution in [2.75, 3.05) is 10.7 Å². The second-order valence-corrected chi connectivity index (χ2v) is 17.2. The normalized spacial score (nSPS) is 15.9. The van der Waals surface area contributed by atoms with Crippen LogP contribution in [0.1, 0.15) is 66.8 Å². The average Bonchev–Trinajstić information content (AvgIpc) is 4.01. The van der Waals surface area contributed by atoms with Gasteiger partial charge in [0.15, 0.2) is 0 Å². The number of hydrogen-bond acceptors (Lipinski definition) is 0.